The van der Waals surface area contributed by atoms with Gasteiger partial charge in [-0.2, -0.15) is 0 Å². The fourth-order valence-electron chi connectivity index (χ4n) is 3.11. The zero-order chi connectivity index (χ0) is 13.1. The van der Waals surface area contributed by atoms with Crippen LogP contribution >= 0.6 is 0 Å². The Morgan fingerprint density at radius 3 is 2.63 bits per heavy atom. The molecule has 0 amide bonds. The topological polar surface area (TPSA) is 18.5 Å². The van der Waals surface area contributed by atoms with Gasteiger partial charge in [0.05, 0.1) is 5.69 Å². The maximum atomic E-state index is 13.7. The number of benzene rings is 1. The van der Waals surface area contributed by atoms with E-state index in [4.69, 9.17) is 0 Å². The van der Waals surface area contributed by atoms with Gasteiger partial charge >= 0.3 is 0 Å². The number of para-hydroxylation sites is 1. The van der Waals surface area contributed by atoms with Crippen molar-refractivity contribution < 1.29 is 4.39 Å². The van der Waals surface area contributed by atoms with Crippen LogP contribution in [0.3, 0.4) is 0 Å². The first-order valence-corrected chi connectivity index (χ1v) is 7.25. The Hall–Kier alpha value is -1.13. The van der Waals surface area contributed by atoms with Crippen LogP contribution in [0.25, 0.3) is 0 Å². The SMILES string of the molecule is Fc1ccccc1N1CCN(CC2CCNC2)CC1. The van der Waals surface area contributed by atoms with Crippen molar-refractivity contribution in [2.24, 2.45) is 5.92 Å². The number of halogens is 1. The predicted octanol–water partition coefficient (Wildman–Crippen LogP) is 1.56. The molecule has 0 saturated carbocycles. The third kappa shape index (κ3) is 3.07. The Balaban J connectivity index is 1.53. The first-order valence-electron chi connectivity index (χ1n) is 7.25. The van der Waals surface area contributed by atoms with Gasteiger partial charge in [-0.1, -0.05) is 12.1 Å². The lowest BCUT2D eigenvalue weighted by molar-refractivity contribution is 0.224. The summed E-state index contributed by atoms with van der Waals surface area (Å²) in [5.41, 5.74) is 0.754. The molecule has 1 aromatic carbocycles. The summed E-state index contributed by atoms with van der Waals surface area (Å²) in [5, 5.41) is 3.42. The molecule has 2 heterocycles. The van der Waals surface area contributed by atoms with Crippen molar-refractivity contribution in [1.29, 1.82) is 0 Å². The fourth-order valence-corrected chi connectivity index (χ4v) is 3.11. The lowest BCUT2D eigenvalue weighted by atomic mass is 10.1. The van der Waals surface area contributed by atoms with Crippen molar-refractivity contribution in [1.82, 2.24) is 10.2 Å². The number of hydrogen-bond acceptors (Lipinski definition) is 3. The van der Waals surface area contributed by atoms with Gasteiger partial charge in [-0.25, -0.2) is 4.39 Å². The van der Waals surface area contributed by atoms with Crippen molar-refractivity contribution in [3.8, 4) is 0 Å². The minimum Gasteiger partial charge on any atom is -0.367 e. The minimum absolute atomic E-state index is 0.101. The lowest BCUT2D eigenvalue weighted by Crippen LogP contribution is -2.48. The fraction of sp³-hybridized carbons (Fsp3) is 0.600. The quantitative estimate of drug-likeness (QED) is 0.893. The zero-order valence-electron chi connectivity index (χ0n) is 11.3. The summed E-state index contributed by atoms with van der Waals surface area (Å²) < 4.78 is 13.7. The van der Waals surface area contributed by atoms with Crippen molar-refractivity contribution in [2.75, 3.05) is 50.7 Å². The molecule has 2 fully saturated rings. The van der Waals surface area contributed by atoms with Gasteiger partial charge in [-0.15, -0.1) is 0 Å². The van der Waals surface area contributed by atoms with E-state index in [1.165, 1.54) is 19.5 Å². The van der Waals surface area contributed by atoms with E-state index < -0.39 is 0 Å². The van der Waals surface area contributed by atoms with E-state index >= 15 is 0 Å². The molecular weight excluding hydrogens is 241 g/mol. The van der Waals surface area contributed by atoms with Gasteiger partial charge < -0.3 is 10.2 Å². The molecule has 0 radical (unpaired) electrons. The molecule has 1 aromatic rings. The Bertz CT molecular complexity index is 410. The monoisotopic (exact) mass is 263 g/mol. The molecular formula is C15H22FN3. The molecule has 0 aromatic heterocycles. The van der Waals surface area contributed by atoms with Gasteiger partial charge in [0.2, 0.25) is 0 Å². The average molecular weight is 263 g/mol. The molecule has 1 unspecified atom stereocenters. The molecule has 1 N–H and O–H groups in total. The average Bonchev–Trinajstić information content (AvgIpc) is 2.93. The van der Waals surface area contributed by atoms with Gasteiger partial charge in [0.1, 0.15) is 5.82 Å². The second-order valence-electron chi connectivity index (χ2n) is 5.60. The third-order valence-electron chi connectivity index (χ3n) is 4.24. The van der Waals surface area contributed by atoms with Crippen LogP contribution in [0.5, 0.6) is 0 Å². The summed E-state index contributed by atoms with van der Waals surface area (Å²) in [4.78, 5) is 4.69. The molecule has 2 aliphatic heterocycles. The summed E-state index contributed by atoms with van der Waals surface area (Å²) in [6, 6.07) is 7.09. The zero-order valence-corrected chi connectivity index (χ0v) is 11.3. The van der Waals surface area contributed by atoms with Crippen LogP contribution in [0, 0.1) is 11.7 Å². The second kappa shape index (κ2) is 5.88. The van der Waals surface area contributed by atoms with Crippen LogP contribution in [0.15, 0.2) is 24.3 Å². The van der Waals surface area contributed by atoms with Crippen LogP contribution in [0.2, 0.25) is 0 Å². The summed E-state index contributed by atoms with van der Waals surface area (Å²) in [6.45, 7) is 7.48. The molecule has 19 heavy (non-hydrogen) atoms. The number of nitrogens with one attached hydrogen (secondary N) is 1. The second-order valence-corrected chi connectivity index (χ2v) is 5.60. The van der Waals surface area contributed by atoms with E-state index in [0.717, 1.165) is 44.3 Å². The smallest absolute Gasteiger partial charge is 0.146 e. The number of anilines is 1. The van der Waals surface area contributed by atoms with Gasteiger partial charge in [0.15, 0.2) is 0 Å². The highest BCUT2D eigenvalue weighted by Gasteiger charge is 2.23. The summed E-state index contributed by atoms with van der Waals surface area (Å²) in [6.07, 6.45) is 1.30. The Morgan fingerprint density at radius 1 is 1.16 bits per heavy atom. The number of rotatable bonds is 3. The molecule has 2 saturated heterocycles. The van der Waals surface area contributed by atoms with E-state index in [-0.39, 0.29) is 5.82 Å². The highest BCUT2D eigenvalue weighted by molar-refractivity contribution is 5.47. The van der Waals surface area contributed by atoms with E-state index in [9.17, 15) is 4.39 Å². The maximum Gasteiger partial charge on any atom is 0.146 e. The maximum absolute atomic E-state index is 13.7. The first-order chi connectivity index (χ1) is 9.33. The van der Waals surface area contributed by atoms with Crippen LogP contribution in [-0.2, 0) is 0 Å². The first kappa shape index (κ1) is 12.9. The van der Waals surface area contributed by atoms with E-state index in [0.29, 0.717) is 0 Å². The van der Waals surface area contributed by atoms with Crippen molar-refractivity contribution in [3.63, 3.8) is 0 Å². The lowest BCUT2D eigenvalue weighted by Gasteiger charge is -2.37. The predicted molar refractivity (Wildman–Crippen MR) is 76.0 cm³/mol. The molecule has 3 nitrogen and oxygen atoms in total. The number of nitrogens with zero attached hydrogens (tertiary/aromatic N) is 2. The van der Waals surface area contributed by atoms with Gasteiger partial charge in [-0.3, -0.25) is 4.90 Å². The highest BCUT2D eigenvalue weighted by Crippen LogP contribution is 2.20. The van der Waals surface area contributed by atoms with Gasteiger partial charge in [-0.05, 0) is 37.6 Å². The van der Waals surface area contributed by atoms with Gasteiger partial charge in [0, 0.05) is 32.7 Å². The van der Waals surface area contributed by atoms with Crippen LogP contribution in [0.4, 0.5) is 10.1 Å². The molecule has 3 rings (SSSR count). The Morgan fingerprint density at radius 2 is 1.95 bits per heavy atom. The molecule has 0 bridgehead atoms. The van der Waals surface area contributed by atoms with Crippen LogP contribution < -0.4 is 10.2 Å². The van der Waals surface area contributed by atoms with Crippen LogP contribution in [0.1, 0.15) is 6.42 Å². The Labute approximate surface area is 114 Å². The van der Waals surface area contributed by atoms with Crippen LogP contribution in [-0.4, -0.2) is 50.7 Å². The van der Waals surface area contributed by atoms with Crippen molar-refractivity contribution >= 4 is 5.69 Å². The minimum atomic E-state index is -0.101. The molecule has 4 heteroatoms. The third-order valence-corrected chi connectivity index (χ3v) is 4.24. The molecule has 0 spiro atoms. The van der Waals surface area contributed by atoms with E-state index in [2.05, 4.69) is 15.1 Å². The highest BCUT2D eigenvalue weighted by atomic mass is 19.1. The standard InChI is InChI=1S/C15H22FN3/c16-14-3-1-2-4-15(14)19-9-7-18(8-10-19)12-13-5-6-17-11-13/h1-4,13,17H,5-12H2. The van der Waals surface area contributed by atoms with Crippen molar-refractivity contribution in [2.45, 2.75) is 6.42 Å². The van der Waals surface area contributed by atoms with E-state index in [1.807, 2.05) is 12.1 Å². The number of piperazine rings is 1. The molecule has 1 atom stereocenters. The van der Waals surface area contributed by atoms with Gasteiger partial charge in [0.25, 0.3) is 0 Å². The van der Waals surface area contributed by atoms with E-state index in [1.54, 1.807) is 12.1 Å². The van der Waals surface area contributed by atoms with Crippen molar-refractivity contribution in [3.05, 3.63) is 30.1 Å². The number of hydrogen-bond donors (Lipinski definition) is 1. The molecule has 0 aliphatic carbocycles. The Kier molecular flexibility index (Phi) is 3.99. The molecule has 2 aliphatic rings. The summed E-state index contributed by atoms with van der Waals surface area (Å²) in [7, 11) is 0. The molecule has 104 valence electrons. The largest absolute Gasteiger partial charge is 0.367 e. The summed E-state index contributed by atoms with van der Waals surface area (Å²) >= 11 is 0. The summed E-state index contributed by atoms with van der Waals surface area (Å²) in [5.74, 6) is 0.705. The normalized spacial score (nSPS) is 24.9.